The van der Waals surface area contributed by atoms with Gasteiger partial charge >= 0.3 is 0 Å². The van der Waals surface area contributed by atoms with E-state index in [0.29, 0.717) is 11.8 Å². The Morgan fingerprint density at radius 2 is 2.00 bits per heavy atom. The van der Waals surface area contributed by atoms with E-state index in [2.05, 4.69) is 18.9 Å². The largest absolute Gasteiger partial charge is 0.338 e. The van der Waals surface area contributed by atoms with Gasteiger partial charge in [-0.2, -0.15) is 5.10 Å². The minimum absolute atomic E-state index is 0.102. The highest BCUT2D eigenvalue weighted by Gasteiger charge is 2.29. The summed E-state index contributed by atoms with van der Waals surface area (Å²) in [6.45, 7) is 8.04. The molecule has 0 spiro atoms. The van der Waals surface area contributed by atoms with E-state index in [0.717, 1.165) is 46.0 Å². The highest BCUT2D eigenvalue weighted by atomic mass is 32.1. The van der Waals surface area contributed by atoms with Crippen LogP contribution in [0.25, 0.3) is 21.6 Å². The number of amides is 1. The van der Waals surface area contributed by atoms with E-state index in [9.17, 15) is 4.79 Å². The van der Waals surface area contributed by atoms with E-state index in [4.69, 9.17) is 4.98 Å². The van der Waals surface area contributed by atoms with E-state index < -0.39 is 0 Å². The minimum Gasteiger partial charge on any atom is -0.338 e. The molecule has 6 heteroatoms. The van der Waals surface area contributed by atoms with Gasteiger partial charge in [-0.1, -0.05) is 19.9 Å². The number of piperidine rings is 1. The zero-order valence-electron chi connectivity index (χ0n) is 15.7. The molecule has 5 nitrogen and oxygen atoms in total. The summed E-state index contributed by atoms with van der Waals surface area (Å²) in [5.41, 5.74) is 3.20. The van der Waals surface area contributed by atoms with Crippen molar-refractivity contribution in [3.8, 4) is 10.6 Å². The summed E-state index contributed by atoms with van der Waals surface area (Å²) in [6, 6.07) is 6.01. The van der Waals surface area contributed by atoms with Crippen LogP contribution in [0.3, 0.4) is 0 Å². The first-order valence-electron chi connectivity index (χ1n) is 9.11. The number of nitrogens with zero attached hydrogens (tertiary/aromatic N) is 4. The van der Waals surface area contributed by atoms with Gasteiger partial charge < -0.3 is 4.90 Å². The third-order valence-corrected chi connectivity index (χ3v) is 6.02. The standard InChI is InChI=1S/C20H24N4OS/c1-12-8-13(2)11-24(10-12)20(25)15-9-16(17-6-5-7-26-17)21-19-18(15)14(3)22-23(19)4/h5-7,9,12-13H,8,10-11H2,1-4H3/t12-,13-/m0/s1. The molecule has 0 bridgehead atoms. The van der Waals surface area contributed by atoms with Gasteiger partial charge in [0, 0.05) is 20.1 Å². The van der Waals surface area contributed by atoms with Crippen molar-refractivity contribution >= 4 is 28.3 Å². The number of carbonyl (C=O) groups excluding carboxylic acids is 1. The predicted molar refractivity (Wildman–Crippen MR) is 105 cm³/mol. The summed E-state index contributed by atoms with van der Waals surface area (Å²) < 4.78 is 1.78. The highest BCUT2D eigenvalue weighted by Crippen LogP contribution is 2.31. The second kappa shape index (κ2) is 6.50. The lowest BCUT2D eigenvalue weighted by Gasteiger charge is -2.35. The quantitative estimate of drug-likeness (QED) is 0.683. The molecule has 4 heterocycles. The Morgan fingerprint density at radius 1 is 1.27 bits per heavy atom. The van der Waals surface area contributed by atoms with Gasteiger partial charge in [0.05, 0.1) is 27.2 Å². The summed E-state index contributed by atoms with van der Waals surface area (Å²) in [5.74, 6) is 1.17. The number of hydrogen-bond donors (Lipinski definition) is 0. The number of pyridine rings is 1. The Balaban J connectivity index is 1.86. The smallest absolute Gasteiger partial charge is 0.254 e. The van der Waals surface area contributed by atoms with Crippen LogP contribution in [0.2, 0.25) is 0 Å². The highest BCUT2D eigenvalue weighted by molar-refractivity contribution is 7.13. The third kappa shape index (κ3) is 2.92. The number of hydrogen-bond acceptors (Lipinski definition) is 4. The van der Waals surface area contributed by atoms with Crippen molar-refractivity contribution in [3.63, 3.8) is 0 Å². The average Bonchev–Trinajstić information content (AvgIpc) is 3.22. The maximum atomic E-state index is 13.5. The average molecular weight is 369 g/mol. The van der Waals surface area contributed by atoms with E-state index in [1.165, 1.54) is 6.42 Å². The summed E-state index contributed by atoms with van der Waals surface area (Å²) in [5, 5.41) is 7.43. The van der Waals surface area contributed by atoms with E-state index in [-0.39, 0.29) is 5.91 Å². The Bertz CT molecular complexity index is 950. The SMILES string of the molecule is Cc1nn(C)c2nc(-c3cccs3)cc(C(=O)N3C[C@@H](C)C[C@H](C)C3)c12. The third-order valence-electron chi connectivity index (χ3n) is 5.13. The lowest BCUT2D eigenvalue weighted by molar-refractivity contribution is 0.0625. The number of rotatable bonds is 2. The monoisotopic (exact) mass is 368 g/mol. The molecule has 3 aromatic rings. The molecule has 4 rings (SSSR count). The molecule has 2 atom stereocenters. The van der Waals surface area contributed by atoms with Crippen molar-refractivity contribution in [2.75, 3.05) is 13.1 Å². The molecular formula is C20H24N4OS. The van der Waals surface area contributed by atoms with Gasteiger partial charge in [-0.3, -0.25) is 9.48 Å². The summed E-state index contributed by atoms with van der Waals surface area (Å²) in [6.07, 6.45) is 1.18. The van der Waals surface area contributed by atoms with Crippen molar-refractivity contribution in [3.05, 3.63) is 34.8 Å². The van der Waals surface area contributed by atoms with Crippen LogP contribution >= 0.6 is 11.3 Å². The molecule has 26 heavy (non-hydrogen) atoms. The van der Waals surface area contributed by atoms with Gasteiger partial charge in [0.25, 0.3) is 5.91 Å². The first-order valence-corrected chi connectivity index (χ1v) is 9.99. The second-order valence-electron chi connectivity index (χ2n) is 7.60. The molecule has 1 aliphatic rings. The fraction of sp³-hybridized carbons (Fsp3) is 0.450. The van der Waals surface area contributed by atoms with Gasteiger partial charge in [0.15, 0.2) is 5.65 Å². The Hall–Kier alpha value is -2.21. The molecule has 0 saturated carbocycles. The molecule has 1 amide bonds. The van der Waals surface area contributed by atoms with Crippen molar-refractivity contribution in [2.45, 2.75) is 27.2 Å². The van der Waals surface area contributed by atoms with Gasteiger partial charge in [0.2, 0.25) is 0 Å². The van der Waals surface area contributed by atoms with E-state index >= 15 is 0 Å². The Morgan fingerprint density at radius 3 is 2.65 bits per heavy atom. The Kier molecular flexibility index (Phi) is 4.31. The van der Waals surface area contributed by atoms with Crippen molar-refractivity contribution in [2.24, 2.45) is 18.9 Å². The molecule has 1 saturated heterocycles. The lowest BCUT2D eigenvalue weighted by atomic mass is 9.91. The number of carbonyl (C=O) groups is 1. The molecule has 0 aromatic carbocycles. The molecule has 0 aliphatic carbocycles. The molecular weight excluding hydrogens is 344 g/mol. The maximum Gasteiger partial charge on any atom is 0.254 e. The molecule has 0 N–H and O–H groups in total. The predicted octanol–water partition coefficient (Wildman–Crippen LogP) is 4.12. The Labute approximate surface area is 157 Å². The van der Waals surface area contributed by atoms with Crippen molar-refractivity contribution < 1.29 is 4.79 Å². The maximum absolute atomic E-state index is 13.5. The molecule has 3 aromatic heterocycles. The minimum atomic E-state index is 0.102. The van der Waals surface area contributed by atoms with Crippen LogP contribution in [0.4, 0.5) is 0 Å². The molecule has 0 unspecified atom stereocenters. The first-order chi connectivity index (χ1) is 12.4. The summed E-state index contributed by atoms with van der Waals surface area (Å²) in [4.78, 5) is 21.3. The van der Waals surface area contributed by atoms with Gasteiger partial charge in [-0.05, 0) is 42.7 Å². The zero-order chi connectivity index (χ0) is 18.4. The summed E-state index contributed by atoms with van der Waals surface area (Å²) >= 11 is 1.64. The van der Waals surface area contributed by atoms with Crippen LogP contribution in [0.1, 0.15) is 36.3 Å². The van der Waals surface area contributed by atoms with Gasteiger partial charge in [-0.15, -0.1) is 11.3 Å². The van der Waals surface area contributed by atoms with Crippen molar-refractivity contribution in [1.29, 1.82) is 0 Å². The molecule has 1 aliphatic heterocycles. The van der Waals surface area contributed by atoms with Crippen LogP contribution in [0, 0.1) is 18.8 Å². The lowest BCUT2D eigenvalue weighted by Crippen LogP contribution is -2.42. The van der Waals surface area contributed by atoms with Gasteiger partial charge in [-0.25, -0.2) is 4.98 Å². The van der Waals surface area contributed by atoms with Crippen LogP contribution in [-0.2, 0) is 7.05 Å². The van der Waals surface area contributed by atoms with Crippen molar-refractivity contribution in [1.82, 2.24) is 19.7 Å². The number of aryl methyl sites for hydroxylation is 2. The van der Waals surface area contributed by atoms with Crippen LogP contribution in [0.15, 0.2) is 23.6 Å². The molecule has 0 radical (unpaired) electrons. The topological polar surface area (TPSA) is 51.0 Å². The van der Waals surface area contributed by atoms with E-state index in [1.807, 2.05) is 42.5 Å². The zero-order valence-corrected chi connectivity index (χ0v) is 16.5. The fourth-order valence-electron chi connectivity index (χ4n) is 4.16. The number of thiophene rings is 1. The number of aromatic nitrogens is 3. The summed E-state index contributed by atoms with van der Waals surface area (Å²) in [7, 11) is 1.89. The number of likely N-dealkylation sites (tertiary alicyclic amines) is 1. The van der Waals surface area contributed by atoms with Crippen LogP contribution in [-0.4, -0.2) is 38.7 Å². The normalized spacial score (nSPS) is 20.7. The fourth-order valence-corrected chi connectivity index (χ4v) is 4.85. The first kappa shape index (κ1) is 17.2. The van der Waals surface area contributed by atoms with Crippen LogP contribution in [0.5, 0.6) is 0 Å². The van der Waals surface area contributed by atoms with Crippen LogP contribution < -0.4 is 0 Å². The van der Waals surface area contributed by atoms with Gasteiger partial charge in [0.1, 0.15) is 0 Å². The molecule has 136 valence electrons. The molecule has 1 fully saturated rings. The second-order valence-corrected chi connectivity index (χ2v) is 8.54. The number of fused-ring (bicyclic) bond motifs is 1. The van der Waals surface area contributed by atoms with E-state index in [1.54, 1.807) is 16.0 Å².